The van der Waals surface area contributed by atoms with Crippen molar-refractivity contribution in [1.29, 1.82) is 0 Å². The lowest BCUT2D eigenvalue weighted by Gasteiger charge is -2.10. The molecule has 0 unspecified atom stereocenters. The molecule has 2 heterocycles. The molecule has 0 atom stereocenters. The van der Waals surface area contributed by atoms with E-state index in [0.29, 0.717) is 39.5 Å². The molecule has 4 aromatic rings. The van der Waals surface area contributed by atoms with Gasteiger partial charge in [-0.15, -0.1) is 11.3 Å². The van der Waals surface area contributed by atoms with Crippen LogP contribution in [0.25, 0.3) is 16.4 Å². The van der Waals surface area contributed by atoms with E-state index in [9.17, 15) is 4.79 Å². The molecule has 0 aliphatic carbocycles. The summed E-state index contributed by atoms with van der Waals surface area (Å²) in [4.78, 5) is 17.7. The van der Waals surface area contributed by atoms with Crippen molar-refractivity contribution in [3.05, 3.63) is 59.1 Å². The van der Waals surface area contributed by atoms with Gasteiger partial charge in [-0.3, -0.25) is 4.79 Å². The fourth-order valence-corrected chi connectivity index (χ4v) is 4.15. The Morgan fingerprint density at radius 3 is 2.26 bits per heavy atom. The Kier molecular flexibility index (Phi) is 6.69. The third-order valence-corrected chi connectivity index (χ3v) is 5.86. The number of nitrogens with zero attached hydrogens (tertiary/aromatic N) is 3. The van der Waals surface area contributed by atoms with E-state index in [4.69, 9.17) is 23.9 Å². The fraction of sp³-hybridized carbons (Fsp3) is 0.208. The van der Waals surface area contributed by atoms with Crippen LogP contribution in [0.4, 0.5) is 5.82 Å². The van der Waals surface area contributed by atoms with Crippen molar-refractivity contribution in [2.45, 2.75) is 6.92 Å². The van der Waals surface area contributed by atoms with Crippen molar-refractivity contribution in [2.24, 2.45) is 0 Å². The minimum atomic E-state index is -0.324. The molecule has 0 saturated heterocycles. The number of aryl methyl sites for hydroxylation is 1. The first kappa shape index (κ1) is 23.1. The highest BCUT2D eigenvalue weighted by atomic mass is 32.1. The number of aromatic nitrogens is 3. The Bertz CT molecular complexity index is 1310. The number of hydrogen-bond donors (Lipinski definition) is 1. The topological polar surface area (TPSA) is 96.7 Å². The van der Waals surface area contributed by atoms with Gasteiger partial charge in [0.2, 0.25) is 5.13 Å². The summed E-state index contributed by atoms with van der Waals surface area (Å²) in [6.07, 6.45) is 0. The van der Waals surface area contributed by atoms with Gasteiger partial charge in [-0.2, -0.15) is 9.78 Å². The lowest BCUT2D eigenvalue weighted by molar-refractivity contribution is 0.102. The van der Waals surface area contributed by atoms with E-state index in [2.05, 4.69) is 10.4 Å². The summed E-state index contributed by atoms with van der Waals surface area (Å²) in [5.74, 6) is 2.48. The Hall–Kier alpha value is -4.05. The molecule has 9 nitrogen and oxygen atoms in total. The highest BCUT2D eigenvalue weighted by Gasteiger charge is 2.17. The number of ether oxygens (including phenoxy) is 4. The average Bonchev–Trinajstić information content (AvgIpc) is 3.49. The van der Waals surface area contributed by atoms with Gasteiger partial charge in [-0.25, -0.2) is 4.98 Å². The van der Waals surface area contributed by atoms with Crippen molar-refractivity contribution < 1.29 is 23.7 Å². The molecule has 2 aromatic heterocycles. The fourth-order valence-electron chi connectivity index (χ4n) is 3.35. The number of amides is 1. The van der Waals surface area contributed by atoms with Crippen LogP contribution < -0.4 is 24.3 Å². The molecule has 0 saturated carbocycles. The molecule has 0 radical (unpaired) electrons. The number of carbonyl (C=O) groups is 1. The van der Waals surface area contributed by atoms with Crippen LogP contribution in [0.3, 0.4) is 0 Å². The lowest BCUT2D eigenvalue weighted by Crippen LogP contribution is -2.15. The van der Waals surface area contributed by atoms with Gasteiger partial charge in [-0.1, -0.05) is 0 Å². The third-order valence-electron chi connectivity index (χ3n) is 5.04. The summed E-state index contributed by atoms with van der Waals surface area (Å²) in [5, 5.41) is 9.96. The van der Waals surface area contributed by atoms with Gasteiger partial charge in [0.05, 0.1) is 39.8 Å². The maximum Gasteiger partial charge on any atom is 0.257 e. The molecule has 1 amide bonds. The minimum Gasteiger partial charge on any atom is -0.497 e. The monoisotopic (exact) mass is 480 g/mol. The van der Waals surface area contributed by atoms with E-state index in [0.717, 1.165) is 17.0 Å². The van der Waals surface area contributed by atoms with Crippen LogP contribution >= 0.6 is 11.3 Å². The largest absolute Gasteiger partial charge is 0.497 e. The molecule has 0 aliphatic rings. The van der Waals surface area contributed by atoms with E-state index in [1.165, 1.54) is 25.6 Å². The number of carbonyl (C=O) groups excluding carboxylic acids is 1. The van der Waals surface area contributed by atoms with Crippen LogP contribution in [0.1, 0.15) is 16.1 Å². The van der Waals surface area contributed by atoms with Crippen LogP contribution in [0.15, 0.2) is 47.8 Å². The molecule has 0 aliphatic heterocycles. The number of hydrogen-bond acceptors (Lipinski definition) is 8. The first-order valence-electron chi connectivity index (χ1n) is 10.2. The molecule has 176 valence electrons. The highest BCUT2D eigenvalue weighted by Crippen LogP contribution is 2.34. The van der Waals surface area contributed by atoms with Gasteiger partial charge in [0.1, 0.15) is 17.3 Å². The van der Waals surface area contributed by atoms with Crippen molar-refractivity contribution >= 4 is 23.1 Å². The number of rotatable bonds is 8. The Morgan fingerprint density at radius 1 is 0.912 bits per heavy atom. The van der Waals surface area contributed by atoms with Gasteiger partial charge in [0.15, 0.2) is 11.5 Å². The summed E-state index contributed by atoms with van der Waals surface area (Å²) in [5.41, 5.74) is 2.76. The van der Waals surface area contributed by atoms with E-state index in [1.54, 1.807) is 43.2 Å². The van der Waals surface area contributed by atoms with Crippen LogP contribution in [-0.2, 0) is 0 Å². The second-order valence-electron chi connectivity index (χ2n) is 7.22. The predicted octanol–water partition coefficient (Wildman–Crippen LogP) is 4.59. The second kappa shape index (κ2) is 9.84. The highest BCUT2D eigenvalue weighted by molar-refractivity contribution is 7.12. The average molecular weight is 481 g/mol. The SMILES string of the molecule is COc1cc(OC)cc(C(=O)Nc2cc(C)nn2-c2nc(-c3ccc(OC)c(OC)c3)cs2)c1. The molecule has 4 rings (SSSR count). The van der Waals surface area contributed by atoms with Crippen molar-refractivity contribution in [1.82, 2.24) is 14.8 Å². The molecule has 34 heavy (non-hydrogen) atoms. The molecule has 10 heteroatoms. The Labute approximate surface area is 200 Å². The maximum absolute atomic E-state index is 13.0. The first-order valence-corrected chi connectivity index (χ1v) is 11.1. The van der Waals surface area contributed by atoms with Gasteiger partial charge in [0, 0.05) is 28.6 Å². The van der Waals surface area contributed by atoms with Crippen molar-refractivity contribution in [2.75, 3.05) is 33.8 Å². The van der Waals surface area contributed by atoms with Crippen LogP contribution in [-0.4, -0.2) is 49.1 Å². The molecule has 1 N–H and O–H groups in total. The zero-order valence-corrected chi connectivity index (χ0v) is 20.2. The zero-order chi connectivity index (χ0) is 24.2. The van der Waals surface area contributed by atoms with Crippen LogP contribution in [0, 0.1) is 6.92 Å². The number of methoxy groups -OCH3 is 4. The lowest BCUT2D eigenvalue weighted by atomic mass is 10.1. The molecule has 2 aromatic carbocycles. The normalized spacial score (nSPS) is 10.6. The van der Waals surface area contributed by atoms with Gasteiger partial charge in [0.25, 0.3) is 5.91 Å². The third kappa shape index (κ3) is 4.67. The first-order chi connectivity index (χ1) is 16.4. The van der Waals surface area contributed by atoms with E-state index in [-0.39, 0.29) is 5.91 Å². The van der Waals surface area contributed by atoms with E-state index in [1.807, 2.05) is 30.5 Å². The molecule has 0 bridgehead atoms. The molecule has 0 spiro atoms. The van der Waals surface area contributed by atoms with Crippen molar-refractivity contribution in [3.63, 3.8) is 0 Å². The summed E-state index contributed by atoms with van der Waals surface area (Å²) >= 11 is 1.41. The number of thiazole rings is 1. The Morgan fingerprint density at radius 2 is 1.62 bits per heavy atom. The number of nitrogens with one attached hydrogen (secondary N) is 1. The molecular weight excluding hydrogens is 456 g/mol. The maximum atomic E-state index is 13.0. The van der Waals surface area contributed by atoms with Gasteiger partial charge < -0.3 is 24.3 Å². The van der Waals surface area contributed by atoms with Crippen molar-refractivity contribution in [3.8, 4) is 39.4 Å². The zero-order valence-electron chi connectivity index (χ0n) is 19.4. The van der Waals surface area contributed by atoms with Gasteiger partial charge >= 0.3 is 0 Å². The number of anilines is 1. The van der Waals surface area contributed by atoms with E-state index >= 15 is 0 Å². The second-order valence-corrected chi connectivity index (χ2v) is 8.06. The summed E-state index contributed by atoms with van der Waals surface area (Å²) in [6, 6.07) is 12.4. The van der Waals surface area contributed by atoms with E-state index < -0.39 is 0 Å². The summed E-state index contributed by atoms with van der Waals surface area (Å²) in [6.45, 7) is 1.85. The summed E-state index contributed by atoms with van der Waals surface area (Å²) < 4.78 is 22.9. The van der Waals surface area contributed by atoms with Crippen LogP contribution in [0.5, 0.6) is 23.0 Å². The molecule has 0 fully saturated rings. The summed E-state index contributed by atoms with van der Waals surface area (Å²) in [7, 11) is 6.25. The molecular formula is C24H24N4O5S. The quantitative estimate of drug-likeness (QED) is 0.394. The van der Waals surface area contributed by atoms with Gasteiger partial charge in [-0.05, 0) is 37.3 Å². The predicted molar refractivity (Wildman–Crippen MR) is 130 cm³/mol. The smallest absolute Gasteiger partial charge is 0.257 e. The minimum absolute atomic E-state index is 0.324. The number of benzene rings is 2. The van der Waals surface area contributed by atoms with Crippen LogP contribution in [0.2, 0.25) is 0 Å². The standard InChI is InChI=1S/C24H24N4O5S/c1-14-8-22(26-23(29)16-9-17(30-2)12-18(10-16)31-3)28(27-14)24-25-19(13-34-24)15-6-7-20(32-4)21(11-15)33-5/h6-13H,1-5H3,(H,26,29). The Balaban J connectivity index is 1.63.